The molecule has 2 aromatic heterocycles. The van der Waals surface area contributed by atoms with Crippen LogP contribution in [0.25, 0.3) is 44.3 Å². The first-order valence-electron chi connectivity index (χ1n) is 32.3. The maximum atomic E-state index is 5.35. The van der Waals surface area contributed by atoms with Gasteiger partial charge < -0.3 is 0 Å². The van der Waals surface area contributed by atoms with E-state index in [2.05, 4.69) is 64.1 Å². The molecule has 74 heavy (non-hydrogen) atoms. The molecule has 0 unspecified atom stereocenters. The van der Waals surface area contributed by atoms with Gasteiger partial charge in [-0.15, -0.1) is 0 Å². The average molecular weight is 1140 g/mol. The Morgan fingerprint density at radius 3 is 0.784 bits per heavy atom. The van der Waals surface area contributed by atoms with Crippen LogP contribution in [0.4, 0.5) is 0 Å². The molecule has 0 fully saturated rings. The minimum atomic E-state index is -0.0645. The van der Waals surface area contributed by atoms with Crippen LogP contribution >= 0.6 is 0 Å². The third kappa shape index (κ3) is 16.0. The Bertz CT molecular complexity index is 2110. The molecule has 5 aromatic rings. The summed E-state index contributed by atoms with van der Waals surface area (Å²) < 4.78 is 20.9. The molecule has 0 saturated heterocycles. The van der Waals surface area contributed by atoms with Crippen molar-refractivity contribution in [2.75, 3.05) is 0 Å². The first-order chi connectivity index (χ1) is 36.6. The van der Waals surface area contributed by atoms with Gasteiger partial charge in [0.05, 0.1) is 0 Å². The molecule has 2 heterocycles. The topological polar surface area (TPSA) is 51.6 Å². The van der Waals surface area contributed by atoms with Crippen LogP contribution in [0.1, 0.15) is 332 Å². The quantitative estimate of drug-likeness (QED) is 0.0288. The summed E-state index contributed by atoms with van der Waals surface area (Å²) >= 11 is -0.129. The second-order valence-electron chi connectivity index (χ2n) is 24.1. The van der Waals surface area contributed by atoms with E-state index in [1.165, 1.54) is 316 Å². The van der Waals surface area contributed by atoms with Crippen molar-refractivity contribution < 1.29 is 0 Å². The first-order valence-corrected chi connectivity index (χ1v) is 35.4. The normalized spacial score (nSPS) is 14.1. The van der Waals surface area contributed by atoms with Gasteiger partial charge in [0.25, 0.3) is 0 Å². The predicted molar refractivity (Wildman–Crippen MR) is 325 cm³/mol. The summed E-state index contributed by atoms with van der Waals surface area (Å²) in [5.74, 6) is 0. The third-order valence-corrected chi connectivity index (χ3v) is 20.7. The van der Waals surface area contributed by atoms with E-state index in [-0.39, 0.29) is 40.8 Å². The molecule has 2 aliphatic rings. The van der Waals surface area contributed by atoms with Gasteiger partial charge in [0.15, 0.2) is 0 Å². The van der Waals surface area contributed by atoms with E-state index < -0.39 is 0 Å². The van der Waals surface area contributed by atoms with Crippen LogP contribution < -0.4 is 0 Å². The third-order valence-electron chi connectivity index (χ3n) is 18.4. The van der Waals surface area contributed by atoms with Crippen LogP contribution in [0.3, 0.4) is 0 Å². The van der Waals surface area contributed by atoms with Crippen molar-refractivity contribution in [3.05, 3.63) is 58.7 Å². The fourth-order valence-electron chi connectivity index (χ4n) is 14.1. The van der Waals surface area contributed by atoms with Gasteiger partial charge in [0, 0.05) is 0 Å². The zero-order chi connectivity index (χ0) is 51.5. The Hall–Kier alpha value is -2.10. The monoisotopic (exact) mass is 1140 g/mol. The zero-order valence-electron chi connectivity index (χ0n) is 48.2. The van der Waals surface area contributed by atoms with Gasteiger partial charge in [0.1, 0.15) is 0 Å². The second-order valence-corrected chi connectivity index (χ2v) is 26.3. The number of aromatic nitrogens is 4. The molecule has 0 amide bonds. The number of hydrogen-bond donors (Lipinski definition) is 0. The summed E-state index contributed by atoms with van der Waals surface area (Å²) in [6, 6.07) is 15.5. The van der Waals surface area contributed by atoms with E-state index in [4.69, 9.17) is 15.9 Å². The van der Waals surface area contributed by atoms with E-state index in [9.17, 15) is 0 Å². The molecule has 0 saturated carbocycles. The van der Waals surface area contributed by atoms with E-state index in [0.29, 0.717) is 0 Å². The molecular formula is C68H106N4Se2. The number of hydrogen-bond acceptors (Lipinski definition) is 4. The van der Waals surface area contributed by atoms with E-state index in [1.54, 1.807) is 22.3 Å². The molecule has 410 valence electrons. The molecule has 0 atom stereocenters. The van der Waals surface area contributed by atoms with Crippen molar-refractivity contribution in [3.63, 3.8) is 0 Å². The van der Waals surface area contributed by atoms with Gasteiger partial charge in [-0.05, 0) is 0 Å². The standard InChI is InChI=1S/C68H106N4Se2/c1-5-9-13-17-21-25-29-33-37-41-49-67(50-42-38-34-30-26-22-18-14-10-6-2)57-45-47-61-65(71-73-69-61)63(57)55-54-60-56(53-59(55)67)64-58(46-48-62-66(64)72-74-70-62)68(60,51-43-39-35-31-27-23-19-15-11-7-3)52-44-40-36-32-28-24-20-16-12-8-4/h45-48,53-54H,5-44,49-52H2,1-4H3. The Morgan fingerprint density at radius 2 is 0.527 bits per heavy atom. The number of unbranched alkanes of at least 4 members (excludes halogenated alkanes) is 36. The molecular weight excluding hydrogens is 1030 g/mol. The van der Waals surface area contributed by atoms with Crippen molar-refractivity contribution in [1.82, 2.24) is 15.9 Å². The van der Waals surface area contributed by atoms with Crippen molar-refractivity contribution in [2.24, 2.45) is 0 Å². The summed E-state index contributed by atoms with van der Waals surface area (Å²) in [6.07, 6.45) is 60.2. The van der Waals surface area contributed by atoms with Crippen LogP contribution in [-0.4, -0.2) is 45.8 Å². The van der Waals surface area contributed by atoms with Crippen molar-refractivity contribution >= 4 is 52.0 Å². The molecule has 3 aromatic carbocycles. The maximum absolute atomic E-state index is 5.35. The van der Waals surface area contributed by atoms with Gasteiger partial charge >= 0.3 is 339 Å². The molecule has 2 aliphatic carbocycles. The van der Waals surface area contributed by atoms with Crippen molar-refractivity contribution in [2.45, 2.75) is 321 Å². The zero-order valence-corrected chi connectivity index (χ0v) is 51.6. The number of fused-ring (bicyclic) bond motifs is 10. The summed E-state index contributed by atoms with van der Waals surface area (Å²) in [5, 5.41) is 0. The SMILES string of the molecule is CCCCCCCCCCCCC1(CCCCCCCCCCCC)c2cc3c(cc2-c2c1ccc1n[se]nc21)C(CCCCCCCCCCCC)(CCCCCCCCCCCC)c1ccc2n[se]nc2c1-3. The molecule has 0 radical (unpaired) electrons. The Morgan fingerprint density at radius 1 is 0.284 bits per heavy atom. The Kier molecular flexibility index (Phi) is 26.9. The summed E-state index contributed by atoms with van der Waals surface area (Å²) in [6.45, 7) is 9.34. The summed E-state index contributed by atoms with van der Waals surface area (Å²) in [5.41, 5.74) is 17.2. The number of rotatable bonds is 44. The predicted octanol–water partition coefficient (Wildman–Crippen LogP) is 21.5. The van der Waals surface area contributed by atoms with Crippen molar-refractivity contribution in [3.8, 4) is 22.3 Å². The second kappa shape index (κ2) is 33.4. The molecule has 0 N–H and O–H groups in total. The van der Waals surface area contributed by atoms with E-state index >= 15 is 0 Å². The van der Waals surface area contributed by atoms with E-state index in [1.807, 2.05) is 0 Å². The Balaban J connectivity index is 1.22. The summed E-state index contributed by atoms with van der Waals surface area (Å²) in [4.78, 5) is 0. The molecule has 6 heteroatoms. The minimum absolute atomic E-state index is 0.00203. The fraction of sp³-hybridized carbons (Fsp3) is 0.735. The van der Waals surface area contributed by atoms with Gasteiger partial charge in [0.2, 0.25) is 0 Å². The van der Waals surface area contributed by atoms with Crippen LogP contribution in [0, 0.1) is 0 Å². The van der Waals surface area contributed by atoms with Gasteiger partial charge in [-0.1, -0.05) is 130 Å². The molecule has 7 rings (SSSR count). The van der Waals surface area contributed by atoms with Crippen molar-refractivity contribution in [1.29, 1.82) is 0 Å². The Labute approximate surface area is 466 Å². The number of nitrogens with zero attached hydrogens (tertiary/aromatic N) is 4. The van der Waals surface area contributed by atoms with Gasteiger partial charge in [-0.25, -0.2) is 0 Å². The van der Waals surface area contributed by atoms with Crippen LogP contribution in [0.5, 0.6) is 0 Å². The summed E-state index contributed by atoms with van der Waals surface area (Å²) in [7, 11) is 0. The molecule has 0 aliphatic heterocycles. The first kappa shape index (κ1) is 59.6. The molecule has 4 nitrogen and oxygen atoms in total. The van der Waals surface area contributed by atoms with E-state index in [0.717, 1.165) is 11.0 Å². The van der Waals surface area contributed by atoms with Crippen LogP contribution in [0.15, 0.2) is 36.4 Å². The van der Waals surface area contributed by atoms with Crippen LogP contribution in [0.2, 0.25) is 0 Å². The number of benzene rings is 3. The molecule has 0 spiro atoms. The van der Waals surface area contributed by atoms with Crippen LogP contribution in [-0.2, 0) is 10.8 Å². The molecule has 0 bridgehead atoms. The average Bonchev–Trinajstić information content (AvgIpc) is 4.21. The van der Waals surface area contributed by atoms with Gasteiger partial charge in [-0.2, -0.15) is 0 Å². The van der Waals surface area contributed by atoms with Gasteiger partial charge in [-0.3, -0.25) is 0 Å². The fourth-order valence-corrected chi connectivity index (χ4v) is 16.4.